The van der Waals surface area contributed by atoms with Crippen molar-refractivity contribution in [3.05, 3.63) is 41.0 Å². The minimum atomic E-state index is -0.537. The lowest BCUT2D eigenvalue weighted by Crippen LogP contribution is -2.43. The molecule has 0 saturated carbocycles. The number of nitrogens with zero attached hydrogens (tertiary/aromatic N) is 1. The van der Waals surface area contributed by atoms with E-state index in [1.165, 1.54) is 57.2 Å². The Balaban J connectivity index is 1.79. The third-order valence-electron chi connectivity index (χ3n) is 5.36. The summed E-state index contributed by atoms with van der Waals surface area (Å²) in [5.41, 5.74) is 1.49. The first kappa shape index (κ1) is 21.0. The van der Waals surface area contributed by atoms with Gasteiger partial charge in [0, 0.05) is 36.8 Å². The fraction of sp³-hybridized carbons (Fsp3) is 0.636. The minimum absolute atomic E-state index is 0.442. The first-order valence-corrected chi connectivity index (χ1v) is 10.1. The van der Waals surface area contributed by atoms with Gasteiger partial charge in [0.05, 0.1) is 0 Å². The summed E-state index contributed by atoms with van der Waals surface area (Å²) in [5, 5.41) is 3.52. The second-order valence-corrected chi connectivity index (χ2v) is 7.67. The van der Waals surface area contributed by atoms with E-state index in [0.717, 1.165) is 24.7 Å². The number of nitrogens with one attached hydrogen (secondary N) is 1. The summed E-state index contributed by atoms with van der Waals surface area (Å²) < 4.78 is 26.7. The maximum absolute atomic E-state index is 13.7. The summed E-state index contributed by atoms with van der Waals surface area (Å²) in [4.78, 5) is 2.65. The van der Waals surface area contributed by atoms with Gasteiger partial charge in [-0.15, -0.1) is 0 Å². The van der Waals surface area contributed by atoms with Crippen LogP contribution in [0.3, 0.4) is 0 Å². The molecule has 2 rings (SSSR count). The molecule has 2 nitrogen and oxygen atoms in total. The molecule has 0 aromatic heterocycles. The van der Waals surface area contributed by atoms with Crippen LogP contribution < -0.4 is 5.32 Å². The van der Waals surface area contributed by atoms with Gasteiger partial charge in [0.25, 0.3) is 0 Å². The van der Waals surface area contributed by atoms with Crippen molar-refractivity contribution in [2.75, 3.05) is 19.6 Å². The van der Waals surface area contributed by atoms with Crippen LogP contribution in [0.15, 0.2) is 23.8 Å². The van der Waals surface area contributed by atoms with E-state index < -0.39 is 11.6 Å². The van der Waals surface area contributed by atoms with Crippen molar-refractivity contribution in [1.82, 2.24) is 10.2 Å². The van der Waals surface area contributed by atoms with Gasteiger partial charge in [-0.2, -0.15) is 0 Å². The molecule has 1 saturated heterocycles. The van der Waals surface area contributed by atoms with Crippen LogP contribution in [0.5, 0.6) is 0 Å². The Morgan fingerprint density at radius 1 is 1.35 bits per heavy atom. The Morgan fingerprint density at radius 3 is 2.88 bits per heavy atom. The van der Waals surface area contributed by atoms with Crippen molar-refractivity contribution in [2.45, 2.75) is 71.4 Å². The monoisotopic (exact) mass is 364 g/mol. The highest BCUT2D eigenvalue weighted by Gasteiger charge is 2.27. The van der Waals surface area contributed by atoms with Gasteiger partial charge in [-0.05, 0) is 51.8 Å². The lowest BCUT2D eigenvalue weighted by Gasteiger charge is -2.31. The normalized spacial score (nSPS) is 19.9. The zero-order valence-electron chi connectivity index (χ0n) is 16.5. The molecule has 0 spiro atoms. The molecular weight excluding hydrogens is 330 g/mol. The Labute approximate surface area is 157 Å². The molecule has 4 heteroatoms. The van der Waals surface area contributed by atoms with Crippen LogP contribution in [0, 0.1) is 11.6 Å². The van der Waals surface area contributed by atoms with E-state index >= 15 is 0 Å². The number of hydrogen-bond donors (Lipinski definition) is 1. The number of halogens is 2. The predicted molar refractivity (Wildman–Crippen MR) is 106 cm³/mol. The SMILES string of the molecule is CCCCCC(C)N1CCC[C@H]1CNC/C(C)=C/c1ccc(F)cc1F. The maximum atomic E-state index is 13.7. The fourth-order valence-corrected chi connectivity index (χ4v) is 3.88. The molecule has 1 aliphatic rings. The van der Waals surface area contributed by atoms with Crippen LogP contribution in [-0.2, 0) is 0 Å². The molecule has 1 aliphatic heterocycles. The molecule has 26 heavy (non-hydrogen) atoms. The highest BCUT2D eigenvalue weighted by Crippen LogP contribution is 2.22. The molecule has 0 bridgehead atoms. The summed E-state index contributed by atoms with van der Waals surface area (Å²) in [6.07, 6.45) is 9.53. The first-order chi connectivity index (χ1) is 12.5. The lowest BCUT2D eigenvalue weighted by molar-refractivity contribution is 0.177. The van der Waals surface area contributed by atoms with Gasteiger partial charge >= 0.3 is 0 Å². The van der Waals surface area contributed by atoms with Gasteiger partial charge in [-0.25, -0.2) is 8.78 Å². The van der Waals surface area contributed by atoms with Crippen molar-refractivity contribution >= 4 is 6.08 Å². The van der Waals surface area contributed by atoms with E-state index in [-0.39, 0.29) is 0 Å². The van der Waals surface area contributed by atoms with E-state index in [0.29, 0.717) is 17.6 Å². The molecule has 1 heterocycles. The smallest absolute Gasteiger partial charge is 0.133 e. The van der Waals surface area contributed by atoms with Crippen molar-refractivity contribution in [3.63, 3.8) is 0 Å². The summed E-state index contributed by atoms with van der Waals surface area (Å²) in [6.45, 7) is 9.49. The molecule has 1 N–H and O–H groups in total. The number of likely N-dealkylation sites (tertiary alicyclic amines) is 1. The molecule has 1 fully saturated rings. The van der Waals surface area contributed by atoms with Crippen molar-refractivity contribution in [2.24, 2.45) is 0 Å². The Hall–Kier alpha value is -1.26. The number of benzene rings is 1. The average molecular weight is 365 g/mol. The summed E-state index contributed by atoms with van der Waals surface area (Å²) in [7, 11) is 0. The molecule has 0 amide bonds. The van der Waals surface area contributed by atoms with E-state index in [1.807, 2.05) is 6.92 Å². The quantitative estimate of drug-likeness (QED) is 0.560. The standard InChI is InChI=1S/C22H34F2N2/c1-4-5-6-8-18(3)26-12-7-9-21(26)16-25-15-17(2)13-19-10-11-20(23)14-22(19)24/h10-11,13-14,18,21,25H,4-9,12,15-16H2,1-3H3/b17-13+/t18?,21-/m0/s1. The molecular formula is C22H34F2N2. The molecule has 1 unspecified atom stereocenters. The predicted octanol–water partition coefficient (Wildman–Crippen LogP) is 5.39. The van der Waals surface area contributed by atoms with Crippen LogP contribution >= 0.6 is 0 Å². The van der Waals surface area contributed by atoms with Crippen molar-refractivity contribution in [1.29, 1.82) is 0 Å². The second-order valence-electron chi connectivity index (χ2n) is 7.67. The molecule has 0 aliphatic carbocycles. The number of rotatable bonds is 10. The Bertz CT molecular complexity index is 586. The third-order valence-corrected chi connectivity index (χ3v) is 5.36. The molecule has 2 atom stereocenters. The summed E-state index contributed by atoms with van der Waals surface area (Å²) in [5.74, 6) is -1.04. The van der Waals surface area contributed by atoms with Gasteiger partial charge in [0.15, 0.2) is 0 Å². The zero-order valence-corrected chi connectivity index (χ0v) is 16.5. The Kier molecular flexibility index (Phi) is 8.73. The average Bonchev–Trinajstić information content (AvgIpc) is 3.06. The van der Waals surface area contributed by atoms with Gasteiger partial charge in [0.2, 0.25) is 0 Å². The van der Waals surface area contributed by atoms with Gasteiger partial charge in [-0.1, -0.05) is 37.8 Å². The number of hydrogen-bond acceptors (Lipinski definition) is 2. The van der Waals surface area contributed by atoms with Crippen LogP contribution in [0.4, 0.5) is 8.78 Å². The van der Waals surface area contributed by atoms with E-state index in [2.05, 4.69) is 24.1 Å². The third kappa shape index (κ3) is 6.48. The van der Waals surface area contributed by atoms with Crippen LogP contribution in [0.2, 0.25) is 0 Å². The molecule has 1 aromatic rings. The van der Waals surface area contributed by atoms with Crippen molar-refractivity contribution < 1.29 is 8.78 Å². The second kappa shape index (κ2) is 10.8. The summed E-state index contributed by atoms with van der Waals surface area (Å²) >= 11 is 0. The minimum Gasteiger partial charge on any atom is -0.311 e. The van der Waals surface area contributed by atoms with Gasteiger partial charge in [0.1, 0.15) is 11.6 Å². The van der Waals surface area contributed by atoms with E-state index in [1.54, 1.807) is 6.08 Å². The molecule has 1 aromatic carbocycles. The van der Waals surface area contributed by atoms with Crippen LogP contribution in [0.25, 0.3) is 6.08 Å². The highest BCUT2D eigenvalue weighted by atomic mass is 19.1. The fourth-order valence-electron chi connectivity index (χ4n) is 3.88. The van der Waals surface area contributed by atoms with E-state index in [9.17, 15) is 8.78 Å². The van der Waals surface area contributed by atoms with Crippen LogP contribution in [-0.4, -0.2) is 36.6 Å². The summed E-state index contributed by atoms with van der Waals surface area (Å²) in [6, 6.07) is 4.97. The number of unbranched alkanes of at least 4 members (excludes halogenated alkanes) is 2. The van der Waals surface area contributed by atoms with Crippen molar-refractivity contribution in [3.8, 4) is 0 Å². The van der Waals surface area contributed by atoms with Gasteiger partial charge in [-0.3, -0.25) is 4.90 Å². The first-order valence-electron chi connectivity index (χ1n) is 10.1. The largest absolute Gasteiger partial charge is 0.311 e. The Morgan fingerprint density at radius 2 is 2.15 bits per heavy atom. The maximum Gasteiger partial charge on any atom is 0.133 e. The lowest BCUT2D eigenvalue weighted by atomic mass is 10.1. The van der Waals surface area contributed by atoms with E-state index in [4.69, 9.17) is 0 Å². The zero-order chi connectivity index (χ0) is 18.9. The molecule has 146 valence electrons. The van der Waals surface area contributed by atoms with Crippen LogP contribution in [0.1, 0.15) is 64.9 Å². The molecule has 0 radical (unpaired) electrons. The van der Waals surface area contributed by atoms with Gasteiger partial charge < -0.3 is 5.32 Å². The highest BCUT2D eigenvalue weighted by molar-refractivity contribution is 5.53. The topological polar surface area (TPSA) is 15.3 Å².